The third-order valence-electron chi connectivity index (χ3n) is 2.37. The summed E-state index contributed by atoms with van der Waals surface area (Å²) in [7, 11) is 0. The van der Waals surface area contributed by atoms with Crippen LogP contribution >= 0.6 is 23.4 Å². The quantitative estimate of drug-likeness (QED) is 0.758. The summed E-state index contributed by atoms with van der Waals surface area (Å²) in [6.07, 6.45) is 2.02. The molecule has 2 nitrogen and oxygen atoms in total. The van der Waals surface area contributed by atoms with E-state index in [0.29, 0.717) is 0 Å². The lowest BCUT2D eigenvalue weighted by Gasteiger charge is -2.21. The maximum Gasteiger partial charge on any atom is 0.153 e. The Bertz CT molecular complexity index is 383. The Balaban J connectivity index is 2.36. The molecular formula is C11H12ClNOS. The lowest BCUT2D eigenvalue weighted by molar-refractivity contribution is -0.107. The molecule has 0 aliphatic carbocycles. The normalized spacial score (nSPS) is 19.1. The third-order valence-corrected chi connectivity index (χ3v) is 3.81. The zero-order valence-electron chi connectivity index (χ0n) is 8.44. The largest absolute Gasteiger partial charge is 0.352 e. The van der Waals surface area contributed by atoms with Crippen LogP contribution < -0.4 is 4.90 Å². The van der Waals surface area contributed by atoms with Crippen molar-refractivity contribution in [3.05, 3.63) is 23.2 Å². The minimum Gasteiger partial charge on any atom is -0.352 e. The molecule has 1 unspecified atom stereocenters. The molecule has 0 saturated heterocycles. The minimum atomic E-state index is -0.0848. The summed E-state index contributed by atoms with van der Waals surface area (Å²) in [5, 5.41) is 0.639. The number of benzene rings is 1. The minimum absolute atomic E-state index is 0.0848. The molecule has 1 atom stereocenters. The van der Waals surface area contributed by atoms with Crippen LogP contribution in [0.25, 0.3) is 0 Å². The number of hydrogen-bond acceptors (Lipinski definition) is 3. The molecule has 0 bridgehead atoms. The van der Waals surface area contributed by atoms with Crippen molar-refractivity contribution in [3.8, 4) is 0 Å². The molecule has 15 heavy (non-hydrogen) atoms. The Morgan fingerprint density at radius 2 is 2.40 bits per heavy atom. The second-order valence-electron chi connectivity index (χ2n) is 3.45. The number of anilines is 1. The van der Waals surface area contributed by atoms with E-state index in [4.69, 9.17) is 11.6 Å². The first-order valence-corrected chi connectivity index (χ1v) is 6.20. The summed E-state index contributed by atoms with van der Waals surface area (Å²) < 4.78 is 0. The van der Waals surface area contributed by atoms with Crippen LogP contribution in [-0.2, 0) is 4.79 Å². The summed E-state index contributed by atoms with van der Waals surface area (Å²) in [5.41, 5.74) is 1.09. The smallest absolute Gasteiger partial charge is 0.153 e. The van der Waals surface area contributed by atoms with Gasteiger partial charge in [0.05, 0.1) is 5.69 Å². The Kier molecular flexibility index (Phi) is 3.22. The zero-order valence-corrected chi connectivity index (χ0v) is 10.0. The SMILES string of the molecule is CCCN1c2cc(Cl)ccc2SC1C=O. The molecule has 1 aliphatic heterocycles. The average molecular weight is 242 g/mol. The predicted octanol–water partition coefficient (Wildman–Crippen LogP) is 3.19. The second-order valence-corrected chi connectivity index (χ2v) is 5.04. The number of rotatable bonds is 3. The van der Waals surface area contributed by atoms with Gasteiger partial charge in [-0.2, -0.15) is 0 Å². The fourth-order valence-electron chi connectivity index (χ4n) is 1.74. The number of carbonyl (C=O) groups is 1. The van der Waals surface area contributed by atoms with Crippen molar-refractivity contribution in [1.29, 1.82) is 0 Å². The molecule has 4 heteroatoms. The van der Waals surface area contributed by atoms with E-state index in [2.05, 4.69) is 11.8 Å². The molecule has 0 amide bonds. The van der Waals surface area contributed by atoms with E-state index in [-0.39, 0.29) is 5.37 Å². The van der Waals surface area contributed by atoms with E-state index in [0.717, 1.165) is 34.9 Å². The van der Waals surface area contributed by atoms with Crippen molar-refractivity contribution < 1.29 is 4.79 Å². The van der Waals surface area contributed by atoms with Gasteiger partial charge in [0.25, 0.3) is 0 Å². The first-order valence-electron chi connectivity index (χ1n) is 4.94. The highest BCUT2D eigenvalue weighted by molar-refractivity contribution is 8.01. The van der Waals surface area contributed by atoms with Gasteiger partial charge in [-0.15, -0.1) is 0 Å². The van der Waals surface area contributed by atoms with Gasteiger partial charge in [0.2, 0.25) is 0 Å². The van der Waals surface area contributed by atoms with Crippen LogP contribution in [0.3, 0.4) is 0 Å². The van der Waals surface area contributed by atoms with Crippen molar-refractivity contribution in [2.24, 2.45) is 0 Å². The summed E-state index contributed by atoms with van der Waals surface area (Å²) in [6, 6.07) is 5.78. The Morgan fingerprint density at radius 3 is 3.07 bits per heavy atom. The number of aldehydes is 1. The molecule has 1 aromatic carbocycles. The maximum absolute atomic E-state index is 11.0. The van der Waals surface area contributed by atoms with Gasteiger partial charge in [-0.25, -0.2) is 0 Å². The number of nitrogens with zero attached hydrogens (tertiary/aromatic N) is 1. The van der Waals surface area contributed by atoms with Crippen LogP contribution in [0.2, 0.25) is 5.02 Å². The molecule has 2 rings (SSSR count). The molecule has 0 saturated carbocycles. The van der Waals surface area contributed by atoms with E-state index in [1.54, 1.807) is 11.8 Å². The Morgan fingerprint density at radius 1 is 1.60 bits per heavy atom. The monoisotopic (exact) mass is 241 g/mol. The molecule has 1 heterocycles. The number of carbonyl (C=O) groups excluding carboxylic acids is 1. The summed E-state index contributed by atoms with van der Waals surface area (Å²) in [5.74, 6) is 0. The zero-order chi connectivity index (χ0) is 10.8. The Labute approximate surface area is 98.6 Å². The third kappa shape index (κ3) is 1.99. The fourth-order valence-corrected chi connectivity index (χ4v) is 3.01. The van der Waals surface area contributed by atoms with Crippen molar-refractivity contribution in [2.75, 3.05) is 11.4 Å². The van der Waals surface area contributed by atoms with Gasteiger partial charge >= 0.3 is 0 Å². The molecule has 80 valence electrons. The van der Waals surface area contributed by atoms with Crippen LogP contribution in [0, 0.1) is 0 Å². The topological polar surface area (TPSA) is 20.3 Å². The molecular weight excluding hydrogens is 230 g/mol. The number of hydrogen-bond donors (Lipinski definition) is 0. The second kappa shape index (κ2) is 4.45. The van der Waals surface area contributed by atoms with Gasteiger partial charge in [-0.3, -0.25) is 0 Å². The van der Waals surface area contributed by atoms with Crippen molar-refractivity contribution in [3.63, 3.8) is 0 Å². The van der Waals surface area contributed by atoms with E-state index in [1.807, 2.05) is 18.2 Å². The van der Waals surface area contributed by atoms with Crippen LogP contribution in [0.15, 0.2) is 23.1 Å². The fraction of sp³-hybridized carbons (Fsp3) is 0.364. The van der Waals surface area contributed by atoms with Gasteiger partial charge in [-0.1, -0.05) is 30.3 Å². The number of fused-ring (bicyclic) bond motifs is 1. The maximum atomic E-state index is 11.0. The average Bonchev–Trinajstić information content (AvgIpc) is 2.57. The number of thioether (sulfide) groups is 1. The highest BCUT2D eigenvalue weighted by Gasteiger charge is 2.28. The van der Waals surface area contributed by atoms with Gasteiger partial charge in [0.15, 0.2) is 6.29 Å². The molecule has 0 N–H and O–H groups in total. The van der Waals surface area contributed by atoms with Crippen molar-refractivity contribution in [1.82, 2.24) is 0 Å². The molecule has 0 aromatic heterocycles. The highest BCUT2D eigenvalue weighted by atomic mass is 35.5. The van der Waals surface area contributed by atoms with Gasteiger partial charge < -0.3 is 9.69 Å². The van der Waals surface area contributed by atoms with Gasteiger partial charge in [-0.05, 0) is 24.6 Å². The van der Waals surface area contributed by atoms with E-state index in [1.165, 1.54) is 0 Å². The summed E-state index contributed by atoms with van der Waals surface area (Å²) in [6.45, 7) is 3.00. The van der Waals surface area contributed by atoms with E-state index >= 15 is 0 Å². The first-order chi connectivity index (χ1) is 7.26. The molecule has 0 radical (unpaired) electrons. The van der Waals surface area contributed by atoms with E-state index in [9.17, 15) is 4.79 Å². The summed E-state index contributed by atoms with van der Waals surface area (Å²) >= 11 is 7.55. The van der Waals surface area contributed by atoms with Crippen molar-refractivity contribution in [2.45, 2.75) is 23.6 Å². The van der Waals surface area contributed by atoms with Crippen molar-refractivity contribution >= 4 is 35.3 Å². The van der Waals surface area contributed by atoms with Crippen LogP contribution in [0.5, 0.6) is 0 Å². The lowest BCUT2D eigenvalue weighted by Crippen LogP contribution is -2.30. The molecule has 0 spiro atoms. The Hall–Kier alpha value is -0.670. The van der Waals surface area contributed by atoms with Crippen LogP contribution in [0.1, 0.15) is 13.3 Å². The molecule has 1 aromatic rings. The predicted molar refractivity (Wildman–Crippen MR) is 64.8 cm³/mol. The molecule has 0 fully saturated rings. The highest BCUT2D eigenvalue weighted by Crippen LogP contribution is 2.43. The first kappa shape index (κ1) is 10.8. The lowest BCUT2D eigenvalue weighted by atomic mass is 10.2. The van der Waals surface area contributed by atoms with Crippen LogP contribution in [0.4, 0.5) is 5.69 Å². The van der Waals surface area contributed by atoms with Gasteiger partial charge in [0, 0.05) is 16.5 Å². The summed E-state index contributed by atoms with van der Waals surface area (Å²) in [4.78, 5) is 14.2. The standard InChI is InChI=1S/C11H12ClNOS/c1-2-5-13-9-6-8(12)3-4-10(9)15-11(13)7-14/h3-4,6-7,11H,2,5H2,1H3. The molecule has 1 aliphatic rings. The van der Waals surface area contributed by atoms with Gasteiger partial charge in [0.1, 0.15) is 5.37 Å². The van der Waals surface area contributed by atoms with E-state index < -0.39 is 0 Å². The van der Waals surface area contributed by atoms with Crippen LogP contribution in [-0.4, -0.2) is 18.2 Å². The number of halogens is 1.